The Morgan fingerprint density at radius 3 is 2.52 bits per heavy atom. The third kappa shape index (κ3) is 2.98. The summed E-state index contributed by atoms with van der Waals surface area (Å²) in [5.41, 5.74) is 2.63. The summed E-state index contributed by atoms with van der Waals surface area (Å²) >= 11 is 1.42. The first-order valence-electron chi connectivity index (χ1n) is 8.30. The van der Waals surface area contributed by atoms with Crippen LogP contribution < -0.4 is 5.56 Å². The van der Waals surface area contributed by atoms with Gasteiger partial charge in [0.05, 0.1) is 5.39 Å². The molecule has 6 heteroatoms. The first kappa shape index (κ1) is 17.4. The molecule has 0 radical (unpaired) electrons. The van der Waals surface area contributed by atoms with E-state index < -0.39 is 12.0 Å². The second-order valence-corrected chi connectivity index (χ2v) is 6.87. The Hall–Kier alpha value is -2.47. The fourth-order valence-corrected chi connectivity index (χ4v) is 3.99. The summed E-state index contributed by atoms with van der Waals surface area (Å²) in [6.45, 7) is 5.66. The Kier molecular flexibility index (Phi) is 4.72. The number of aryl methyl sites for hydroxylation is 2. The van der Waals surface area contributed by atoms with E-state index in [-0.39, 0.29) is 5.56 Å². The third-order valence-electron chi connectivity index (χ3n) is 4.38. The second-order valence-electron chi connectivity index (χ2n) is 6.01. The summed E-state index contributed by atoms with van der Waals surface area (Å²) in [7, 11) is 0. The molecule has 1 atom stereocenters. The standard InChI is InChI=1S/C19H20N2O3S/c1-4-14(19(23)24)21-15(5-2)20-17-16(18(21)22)13(10-25-17)12-8-6-11(3)7-9-12/h6-10,14H,4-5H2,1-3H3,(H,23,24). The largest absolute Gasteiger partial charge is 0.480 e. The van der Waals surface area contributed by atoms with Gasteiger partial charge in [0.15, 0.2) is 0 Å². The van der Waals surface area contributed by atoms with Gasteiger partial charge in [-0.05, 0) is 18.9 Å². The second kappa shape index (κ2) is 6.80. The van der Waals surface area contributed by atoms with Gasteiger partial charge in [0, 0.05) is 17.4 Å². The molecule has 3 aromatic rings. The van der Waals surface area contributed by atoms with Gasteiger partial charge in [-0.3, -0.25) is 9.36 Å². The fraction of sp³-hybridized carbons (Fsp3) is 0.316. The predicted octanol–water partition coefficient (Wildman–Crippen LogP) is 4.03. The van der Waals surface area contributed by atoms with Crippen LogP contribution in [0, 0.1) is 6.92 Å². The first-order valence-corrected chi connectivity index (χ1v) is 9.18. The minimum Gasteiger partial charge on any atom is -0.480 e. The fourth-order valence-electron chi connectivity index (χ4n) is 3.03. The van der Waals surface area contributed by atoms with Crippen LogP contribution in [0.4, 0.5) is 0 Å². The zero-order chi connectivity index (χ0) is 18.1. The molecule has 5 nitrogen and oxygen atoms in total. The van der Waals surface area contributed by atoms with Crippen molar-refractivity contribution in [3.8, 4) is 11.1 Å². The number of benzene rings is 1. The lowest BCUT2D eigenvalue weighted by Crippen LogP contribution is -2.33. The molecule has 2 aromatic heterocycles. The van der Waals surface area contributed by atoms with Crippen LogP contribution >= 0.6 is 11.3 Å². The number of carboxylic acids is 1. The van der Waals surface area contributed by atoms with Crippen molar-refractivity contribution in [1.82, 2.24) is 9.55 Å². The maximum atomic E-state index is 13.2. The van der Waals surface area contributed by atoms with Gasteiger partial charge in [-0.2, -0.15) is 0 Å². The molecule has 0 saturated carbocycles. The lowest BCUT2D eigenvalue weighted by atomic mass is 10.0. The molecule has 1 N–H and O–H groups in total. The van der Waals surface area contributed by atoms with Crippen molar-refractivity contribution < 1.29 is 9.90 Å². The van der Waals surface area contributed by atoms with Gasteiger partial charge in [0.2, 0.25) is 0 Å². The van der Waals surface area contributed by atoms with Crippen LogP contribution in [0.5, 0.6) is 0 Å². The zero-order valence-electron chi connectivity index (χ0n) is 14.4. The third-order valence-corrected chi connectivity index (χ3v) is 5.25. The molecular formula is C19H20N2O3S. The molecule has 0 aliphatic heterocycles. The van der Waals surface area contributed by atoms with Gasteiger partial charge in [0.25, 0.3) is 5.56 Å². The minimum atomic E-state index is -1.01. The van der Waals surface area contributed by atoms with Crippen molar-refractivity contribution in [2.75, 3.05) is 0 Å². The molecule has 0 amide bonds. The van der Waals surface area contributed by atoms with E-state index in [1.807, 2.05) is 43.5 Å². The molecule has 0 aliphatic carbocycles. The Balaban J connectivity index is 2.32. The summed E-state index contributed by atoms with van der Waals surface area (Å²) in [5.74, 6) is -0.489. The SMILES string of the molecule is CCc1nc2scc(-c3ccc(C)cc3)c2c(=O)n1C(CC)C(=O)O. The maximum Gasteiger partial charge on any atom is 0.326 e. The average Bonchev–Trinajstić information content (AvgIpc) is 3.01. The van der Waals surface area contributed by atoms with Crippen molar-refractivity contribution in [3.63, 3.8) is 0 Å². The molecule has 3 rings (SSSR count). The van der Waals surface area contributed by atoms with Crippen LogP contribution in [-0.2, 0) is 11.2 Å². The number of nitrogens with zero attached hydrogens (tertiary/aromatic N) is 2. The predicted molar refractivity (Wildman–Crippen MR) is 100 cm³/mol. The first-order chi connectivity index (χ1) is 12.0. The van der Waals surface area contributed by atoms with Crippen LogP contribution in [-0.4, -0.2) is 20.6 Å². The highest BCUT2D eigenvalue weighted by molar-refractivity contribution is 7.17. The summed E-state index contributed by atoms with van der Waals surface area (Å²) in [5, 5.41) is 12.0. The van der Waals surface area contributed by atoms with Gasteiger partial charge in [-0.1, -0.05) is 43.7 Å². The topological polar surface area (TPSA) is 72.2 Å². The van der Waals surface area contributed by atoms with E-state index in [0.717, 1.165) is 16.7 Å². The average molecular weight is 356 g/mol. The smallest absolute Gasteiger partial charge is 0.326 e. The van der Waals surface area contributed by atoms with Gasteiger partial charge in [-0.25, -0.2) is 9.78 Å². The van der Waals surface area contributed by atoms with Crippen molar-refractivity contribution in [3.05, 3.63) is 51.4 Å². The van der Waals surface area contributed by atoms with Crippen LogP contribution in [0.25, 0.3) is 21.3 Å². The van der Waals surface area contributed by atoms with Gasteiger partial charge in [0.1, 0.15) is 16.7 Å². The molecule has 0 saturated heterocycles. The number of hydrogen-bond donors (Lipinski definition) is 1. The summed E-state index contributed by atoms with van der Waals surface area (Å²) in [4.78, 5) is 30.1. The molecule has 2 heterocycles. The van der Waals surface area contributed by atoms with Gasteiger partial charge < -0.3 is 5.11 Å². The van der Waals surface area contributed by atoms with E-state index in [2.05, 4.69) is 4.98 Å². The number of aromatic nitrogens is 2. The quantitative estimate of drug-likeness (QED) is 0.749. The van der Waals surface area contributed by atoms with Crippen LogP contribution in [0.15, 0.2) is 34.4 Å². The molecule has 1 unspecified atom stereocenters. The molecule has 0 bridgehead atoms. The number of carbonyl (C=O) groups is 1. The molecule has 0 aliphatic rings. The molecular weight excluding hydrogens is 336 g/mol. The van der Waals surface area contributed by atoms with Crippen LogP contribution in [0.3, 0.4) is 0 Å². The summed E-state index contributed by atoms with van der Waals surface area (Å²) in [6.07, 6.45) is 0.839. The van der Waals surface area contributed by atoms with Gasteiger partial charge >= 0.3 is 5.97 Å². The number of hydrogen-bond acceptors (Lipinski definition) is 4. The minimum absolute atomic E-state index is 0.270. The van der Waals surface area contributed by atoms with Crippen molar-refractivity contribution in [1.29, 1.82) is 0 Å². The molecule has 1 aromatic carbocycles. The number of rotatable bonds is 5. The Bertz CT molecular complexity index is 986. The number of thiophene rings is 1. The van der Waals surface area contributed by atoms with Crippen LogP contribution in [0.2, 0.25) is 0 Å². The molecule has 0 fully saturated rings. The highest BCUT2D eigenvalue weighted by Gasteiger charge is 2.25. The lowest BCUT2D eigenvalue weighted by molar-refractivity contribution is -0.141. The van der Waals surface area contributed by atoms with E-state index in [1.54, 1.807) is 6.92 Å². The van der Waals surface area contributed by atoms with E-state index in [4.69, 9.17) is 0 Å². The lowest BCUT2D eigenvalue weighted by Gasteiger charge is -2.17. The maximum absolute atomic E-state index is 13.2. The van der Waals surface area contributed by atoms with E-state index in [0.29, 0.717) is 28.9 Å². The highest BCUT2D eigenvalue weighted by atomic mass is 32.1. The molecule has 25 heavy (non-hydrogen) atoms. The number of carboxylic acid groups (broad SMARTS) is 1. The molecule has 0 spiro atoms. The molecule has 130 valence electrons. The Morgan fingerprint density at radius 2 is 1.96 bits per heavy atom. The zero-order valence-corrected chi connectivity index (χ0v) is 15.3. The normalized spacial score (nSPS) is 12.4. The Labute approximate surface area is 149 Å². The summed E-state index contributed by atoms with van der Waals surface area (Å²) in [6, 6.07) is 7.05. The number of aliphatic carboxylic acids is 1. The van der Waals surface area contributed by atoms with E-state index in [1.165, 1.54) is 15.9 Å². The van der Waals surface area contributed by atoms with E-state index in [9.17, 15) is 14.7 Å². The van der Waals surface area contributed by atoms with Crippen molar-refractivity contribution in [2.24, 2.45) is 0 Å². The highest BCUT2D eigenvalue weighted by Crippen LogP contribution is 2.31. The van der Waals surface area contributed by atoms with Gasteiger partial charge in [-0.15, -0.1) is 11.3 Å². The van der Waals surface area contributed by atoms with Crippen molar-refractivity contribution >= 4 is 27.5 Å². The Morgan fingerprint density at radius 1 is 1.28 bits per heavy atom. The number of fused-ring (bicyclic) bond motifs is 1. The van der Waals surface area contributed by atoms with Crippen molar-refractivity contribution in [2.45, 2.75) is 39.7 Å². The van der Waals surface area contributed by atoms with Crippen LogP contribution in [0.1, 0.15) is 37.7 Å². The monoisotopic (exact) mass is 356 g/mol. The summed E-state index contributed by atoms with van der Waals surface area (Å²) < 4.78 is 1.36. The van der Waals surface area contributed by atoms with E-state index >= 15 is 0 Å².